The number of piperidine rings is 1. The van der Waals surface area contributed by atoms with Gasteiger partial charge in [-0.2, -0.15) is 5.26 Å². The summed E-state index contributed by atoms with van der Waals surface area (Å²) in [7, 11) is 0. The van der Waals surface area contributed by atoms with Gasteiger partial charge in [0.15, 0.2) is 11.6 Å². The Morgan fingerprint density at radius 1 is 1.38 bits per heavy atom. The Labute approximate surface area is 169 Å². The second kappa shape index (κ2) is 7.80. The smallest absolute Gasteiger partial charge is 0.255 e. The van der Waals surface area contributed by atoms with E-state index < -0.39 is 11.2 Å². The summed E-state index contributed by atoms with van der Waals surface area (Å²) in [5.41, 5.74) is 1.74. The van der Waals surface area contributed by atoms with E-state index in [2.05, 4.69) is 21.3 Å². The number of nitriles is 1. The van der Waals surface area contributed by atoms with Crippen molar-refractivity contribution >= 4 is 5.91 Å². The molecule has 2 aliphatic heterocycles. The average molecular weight is 394 g/mol. The first kappa shape index (κ1) is 19.3. The summed E-state index contributed by atoms with van der Waals surface area (Å²) in [5.74, 6) is -0.736. The van der Waals surface area contributed by atoms with Crippen molar-refractivity contribution in [1.82, 2.24) is 15.2 Å². The lowest BCUT2D eigenvalue weighted by Crippen LogP contribution is -2.42. The number of nitrogens with one attached hydrogen (secondary N) is 1. The number of carbonyl (C=O) groups excluding carboxylic acids is 1. The third kappa shape index (κ3) is 3.56. The van der Waals surface area contributed by atoms with E-state index in [4.69, 9.17) is 4.74 Å². The molecule has 2 aliphatic rings. The van der Waals surface area contributed by atoms with Crippen LogP contribution in [0.5, 0.6) is 5.75 Å². The number of nitrogens with zero attached hydrogens (tertiary/aromatic N) is 3. The first-order valence-corrected chi connectivity index (χ1v) is 9.82. The van der Waals surface area contributed by atoms with Crippen molar-refractivity contribution in [2.75, 3.05) is 26.2 Å². The first-order valence-electron chi connectivity index (χ1n) is 9.82. The number of rotatable bonds is 3. The van der Waals surface area contributed by atoms with Crippen molar-refractivity contribution in [1.29, 1.82) is 5.26 Å². The van der Waals surface area contributed by atoms with E-state index in [-0.39, 0.29) is 23.8 Å². The molecule has 0 spiro atoms. The molecule has 1 aromatic carbocycles. The highest BCUT2D eigenvalue weighted by molar-refractivity contribution is 5.97. The molecule has 0 saturated carbocycles. The second-order valence-electron chi connectivity index (χ2n) is 7.64. The molecule has 29 heavy (non-hydrogen) atoms. The van der Waals surface area contributed by atoms with Gasteiger partial charge in [0.05, 0.1) is 23.9 Å². The van der Waals surface area contributed by atoms with Crippen LogP contribution in [-0.4, -0.2) is 42.0 Å². The van der Waals surface area contributed by atoms with Gasteiger partial charge in [0.1, 0.15) is 12.0 Å². The number of carbonyl (C=O) groups is 1. The molecule has 6 nitrogen and oxygen atoms in total. The predicted molar refractivity (Wildman–Crippen MR) is 105 cm³/mol. The molecule has 1 N–H and O–H groups in total. The van der Waals surface area contributed by atoms with E-state index in [1.54, 1.807) is 19.2 Å². The summed E-state index contributed by atoms with van der Waals surface area (Å²) >= 11 is 0. The maximum atomic E-state index is 14.9. The van der Waals surface area contributed by atoms with Gasteiger partial charge in [-0.15, -0.1) is 0 Å². The maximum Gasteiger partial charge on any atom is 0.255 e. The SMILES string of the molecule is Cc1c(CN2CCC(C#N)(c3ccccn3)CC2)cc2c(c1F)OCCNC2=O. The van der Waals surface area contributed by atoms with Gasteiger partial charge in [-0.05, 0) is 49.1 Å². The number of pyridine rings is 1. The highest BCUT2D eigenvalue weighted by Crippen LogP contribution is 2.35. The number of ether oxygens (including phenoxy) is 1. The number of amides is 1. The molecule has 1 fully saturated rings. The van der Waals surface area contributed by atoms with Crippen LogP contribution in [0.4, 0.5) is 4.39 Å². The van der Waals surface area contributed by atoms with Crippen molar-refractivity contribution in [3.63, 3.8) is 0 Å². The normalized spacial score (nSPS) is 18.7. The number of fused-ring (bicyclic) bond motifs is 1. The van der Waals surface area contributed by atoms with E-state index >= 15 is 0 Å². The fourth-order valence-corrected chi connectivity index (χ4v) is 4.07. The molecule has 1 saturated heterocycles. The van der Waals surface area contributed by atoms with Crippen LogP contribution in [0.2, 0.25) is 0 Å². The van der Waals surface area contributed by atoms with Crippen LogP contribution in [0.1, 0.15) is 40.0 Å². The summed E-state index contributed by atoms with van der Waals surface area (Å²) in [6.07, 6.45) is 3.04. The zero-order chi connectivity index (χ0) is 20.4. The summed E-state index contributed by atoms with van der Waals surface area (Å²) in [6.45, 7) is 4.25. The minimum absolute atomic E-state index is 0.0403. The zero-order valence-corrected chi connectivity index (χ0v) is 16.4. The molecule has 0 aliphatic carbocycles. The molecule has 1 aromatic heterocycles. The number of aromatic nitrogens is 1. The Morgan fingerprint density at radius 2 is 2.17 bits per heavy atom. The topological polar surface area (TPSA) is 78.2 Å². The van der Waals surface area contributed by atoms with E-state index in [1.165, 1.54) is 0 Å². The molecule has 1 amide bonds. The lowest BCUT2D eigenvalue weighted by Gasteiger charge is -2.37. The summed E-state index contributed by atoms with van der Waals surface area (Å²) in [6, 6.07) is 9.87. The fraction of sp³-hybridized carbons (Fsp3) is 0.409. The van der Waals surface area contributed by atoms with Crippen LogP contribution < -0.4 is 10.1 Å². The van der Waals surface area contributed by atoms with Gasteiger partial charge in [-0.3, -0.25) is 14.7 Å². The van der Waals surface area contributed by atoms with Gasteiger partial charge in [-0.1, -0.05) is 6.07 Å². The Morgan fingerprint density at radius 3 is 2.86 bits per heavy atom. The highest BCUT2D eigenvalue weighted by atomic mass is 19.1. The Kier molecular flexibility index (Phi) is 5.20. The van der Waals surface area contributed by atoms with Crippen LogP contribution in [0.25, 0.3) is 0 Å². The van der Waals surface area contributed by atoms with E-state index in [0.717, 1.165) is 11.3 Å². The molecule has 2 aromatic rings. The number of benzene rings is 1. The van der Waals surface area contributed by atoms with Gasteiger partial charge in [0.25, 0.3) is 5.91 Å². The molecular formula is C22H23FN4O2. The number of likely N-dealkylation sites (tertiary alicyclic amines) is 1. The number of halogens is 1. The molecule has 0 bridgehead atoms. The Hall–Kier alpha value is -2.98. The zero-order valence-electron chi connectivity index (χ0n) is 16.4. The van der Waals surface area contributed by atoms with Crippen molar-refractivity contribution in [3.8, 4) is 11.8 Å². The minimum Gasteiger partial charge on any atom is -0.488 e. The maximum absolute atomic E-state index is 14.9. The van der Waals surface area contributed by atoms with Gasteiger partial charge in [0, 0.05) is 25.8 Å². The lowest BCUT2D eigenvalue weighted by molar-refractivity contribution is 0.0956. The van der Waals surface area contributed by atoms with Crippen LogP contribution in [-0.2, 0) is 12.0 Å². The van der Waals surface area contributed by atoms with Crippen LogP contribution in [0.3, 0.4) is 0 Å². The minimum atomic E-state index is -0.584. The molecule has 0 unspecified atom stereocenters. The quantitative estimate of drug-likeness (QED) is 0.866. The van der Waals surface area contributed by atoms with Gasteiger partial charge in [-0.25, -0.2) is 4.39 Å². The van der Waals surface area contributed by atoms with Crippen LogP contribution in [0, 0.1) is 24.1 Å². The standard InChI is InChI=1S/C22H23FN4O2/c1-15-16(12-17-20(19(15)23)29-11-8-26-21(17)28)13-27-9-5-22(14-24,6-10-27)18-4-2-3-7-25-18/h2-4,7,12H,5-6,8-11,13H2,1H3,(H,26,28). The van der Waals surface area contributed by atoms with Crippen molar-refractivity contribution in [2.24, 2.45) is 0 Å². The lowest BCUT2D eigenvalue weighted by atomic mass is 9.76. The molecule has 0 radical (unpaired) electrons. The van der Waals surface area contributed by atoms with Crippen molar-refractivity contribution < 1.29 is 13.9 Å². The first-order chi connectivity index (χ1) is 14.0. The molecular weight excluding hydrogens is 371 g/mol. The Bertz CT molecular complexity index is 963. The van der Waals surface area contributed by atoms with Crippen molar-refractivity contribution in [2.45, 2.75) is 31.7 Å². The fourth-order valence-electron chi connectivity index (χ4n) is 4.07. The summed E-state index contributed by atoms with van der Waals surface area (Å²) in [5, 5.41) is 12.6. The predicted octanol–water partition coefficient (Wildman–Crippen LogP) is 2.71. The number of hydrogen-bond acceptors (Lipinski definition) is 5. The molecule has 0 atom stereocenters. The molecule has 4 rings (SSSR count). The van der Waals surface area contributed by atoms with Crippen molar-refractivity contribution in [3.05, 3.63) is 58.7 Å². The van der Waals surface area contributed by atoms with E-state index in [0.29, 0.717) is 44.6 Å². The van der Waals surface area contributed by atoms with Crippen LogP contribution >= 0.6 is 0 Å². The molecule has 150 valence electrons. The average Bonchev–Trinajstić information content (AvgIpc) is 2.94. The third-order valence-corrected chi connectivity index (χ3v) is 5.92. The Balaban J connectivity index is 1.54. The largest absolute Gasteiger partial charge is 0.488 e. The second-order valence-corrected chi connectivity index (χ2v) is 7.64. The summed E-state index contributed by atoms with van der Waals surface area (Å²) < 4.78 is 20.3. The molecule has 7 heteroatoms. The van der Waals surface area contributed by atoms with E-state index in [9.17, 15) is 14.4 Å². The van der Waals surface area contributed by atoms with Gasteiger partial charge >= 0.3 is 0 Å². The van der Waals surface area contributed by atoms with Crippen LogP contribution in [0.15, 0.2) is 30.5 Å². The molecule has 3 heterocycles. The highest BCUT2D eigenvalue weighted by Gasteiger charge is 2.38. The monoisotopic (exact) mass is 394 g/mol. The third-order valence-electron chi connectivity index (χ3n) is 5.92. The summed E-state index contributed by atoms with van der Waals surface area (Å²) in [4.78, 5) is 18.9. The van der Waals surface area contributed by atoms with Gasteiger partial charge in [0.2, 0.25) is 0 Å². The van der Waals surface area contributed by atoms with E-state index in [1.807, 2.05) is 18.2 Å². The van der Waals surface area contributed by atoms with Gasteiger partial charge < -0.3 is 10.1 Å². The number of hydrogen-bond donors (Lipinski definition) is 1.